The minimum Gasteiger partial charge on any atom is -0.466 e. The fraction of sp³-hybridized carbons (Fsp3) is 0.263. The highest BCUT2D eigenvalue weighted by molar-refractivity contribution is 5.80. The summed E-state index contributed by atoms with van der Waals surface area (Å²) in [6.45, 7) is 1.97. The minimum absolute atomic E-state index is 0.0209. The van der Waals surface area contributed by atoms with Crippen molar-refractivity contribution >= 4 is 17.6 Å². The van der Waals surface area contributed by atoms with E-state index in [0.717, 1.165) is 5.56 Å². The van der Waals surface area contributed by atoms with E-state index in [1.165, 1.54) is 12.1 Å². The lowest BCUT2D eigenvalue weighted by molar-refractivity contribution is -0.143. The van der Waals surface area contributed by atoms with Crippen molar-refractivity contribution in [3.8, 4) is 0 Å². The molecule has 2 aromatic rings. The molecule has 132 valence electrons. The molecular formula is C19H21FN2O3. The molecule has 0 heterocycles. The number of esters is 1. The minimum atomic E-state index is -0.582. The van der Waals surface area contributed by atoms with E-state index in [2.05, 4.69) is 5.32 Å². The number of hydrogen-bond donors (Lipinski definition) is 2. The van der Waals surface area contributed by atoms with Gasteiger partial charge in [-0.1, -0.05) is 24.3 Å². The molecule has 0 radical (unpaired) electrons. The molecule has 2 rings (SSSR count). The van der Waals surface area contributed by atoms with E-state index in [4.69, 9.17) is 10.5 Å². The maximum absolute atomic E-state index is 13.1. The summed E-state index contributed by atoms with van der Waals surface area (Å²) in [6.07, 6.45) is 0.133. The second-order valence-electron chi connectivity index (χ2n) is 5.60. The maximum Gasteiger partial charge on any atom is 0.308 e. The van der Waals surface area contributed by atoms with Crippen molar-refractivity contribution in [1.29, 1.82) is 0 Å². The van der Waals surface area contributed by atoms with Crippen LogP contribution in [-0.4, -0.2) is 18.5 Å². The average molecular weight is 344 g/mol. The second kappa shape index (κ2) is 8.82. The summed E-state index contributed by atoms with van der Waals surface area (Å²) in [5.74, 6) is -1.06. The molecule has 0 saturated carbocycles. The van der Waals surface area contributed by atoms with E-state index in [1.807, 2.05) is 0 Å². The third kappa shape index (κ3) is 5.91. The van der Waals surface area contributed by atoms with Gasteiger partial charge in [-0.25, -0.2) is 4.39 Å². The van der Waals surface area contributed by atoms with Gasteiger partial charge in [0.1, 0.15) is 5.82 Å². The van der Waals surface area contributed by atoms with Gasteiger partial charge in [0.15, 0.2) is 0 Å². The molecule has 0 aliphatic heterocycles. The monoisotopic (exact) mass is 344 g/mol. The molecule has 0 fully saturated rings. The Morgan fingerprint density at radius 1 is 1.12 bits per heavy atom. The Morgan fingerprint density at radius 2 is 1.76 bits per heavy atom. The third-order valence-corrected chi connectivity index (χ3v) is 3.63. The SMILES string of the molecule is CCOC(=O)CC(NC(=O)Cc1ccc(N)cc1)c1ccc(F)cc1. The Bertz CT molecular complexity index is 714. The average Bonchev–Trinajstić information content (AvgIpc) is 2.57. The van der Waals surface area contributed by atoms with Gasteiger partial charge in [0.05, 0.1) is 25.5 Å². The van der Waals surface area contributed by atoms with Crippen LogP contribution >= 0.6 is 0 Å². The number of nitrogens with one attached hydrogen (secondary N) is 1. The Kier molecular flexibility index (Phi) is 6.51. The first kappa shape index (κ1) is 18.4. The fourth-order valence-electron chi connectivity index (χ4n) is 2.40. The van der Waals surface area contributed by atoms with E-state index < -0.39 is 12.0 Å². The van der Waals surface area contributed by atoms with E-state index in [9.17, 15) is 14.0 Å². The highest BCUT2D eigenvalue weighted by Crippen LogP contribution is 2.18. The number of carbonyl (C=O) groups is 2. The molecule has 0 spiro atoms. The summed E-state index contributed by atoms with van der Waals surface area (Å²) >= 11 is 0. The molecule has 1 unspecified atom stereocenters. The predicted octanol–water partition coefficient (Wildman–Crippen LogP) is 2.76. The van der Waals surface area contributed by atoms with Crippen LogP contribution in [0.1, 0.15) is 30.5 Å². The van der Waals surface area contributed by atoms with Crippen LogP contribution in [0.25, 0.3) is 0 Å². The highest BCUT2D eigenvalue weighted by Gasteiger charge is 2.19. The second-order valence-corrected chi connectivity index (χ2v) is 5.60. The van der Waals surface area contributed by atoms with Crippen LogP contribution < -0.4 is 11.1 Å². The Labute approximate surface area is 146 Å². The number of benzene rings is 2. The van der Waals surface area contributed by atoms with Gasteiger partial charge in [0.2, 0.25) is 5.91 Å². The van der Waals surface area contributed by atoms with Gasteiger partial charge in [-0.3, -0.25) is 9.59 Å². The van der Waals surface area contributed by atoms with E-state index in [-0.39, 0.29) is 31.2 Å². The van der Waals surface area contributed by atoms with Crippen LogP contribution in [0.3, 0.4) is 0 Å². The molecule has 0 aromatic heterocycles. The summed E-state index contributed by atoms with van der Waals surface area (Å²) < 4.78 is 18.1. The van der Waals surface area contributed by atoms with Crippen LogP contribution in [0, 0.1) is 5.82 Å². The Hall–Kier alpha value is -2.89. The fourth-order valence-corrected chi connectivity index (χ4v) is 2.40. The van der Waals surface area contributed by atoms with Gasteiger partial charge in [-0.15, -0.1) is 0 Å². The van der Waals surface area contributed by atoms with Gasteiger partial charge in [0, 0.05) is 5.69 Å². The molecule has 2 aromatic carbocycles. The summed E-state index contributed by atoms with van der Waals surface area (Å²) in [7, 11) is 0. The summed E-state index contributed by atoms with van der Waals surface area (Å²) in [6, 6.07) is 12.1. The van der Waals surface area contributed by atoms with Crippen molar-refractivity contribution in [1.82, 2.24) is 5.32 Å². The van der Waals surface area contributed by atoms with Crippen molar-refractivity contribution in [2.75, 3.05) is 12.3 Å². The molecule has 0 bridgehead atoms. The van der Waals surface area contributed by atoms with Gasteiger partial charge in [-0.05, 0) is 42.3 Å². The van der Waals surface area contributed by atoms with Gasteiger partial charge >= 0.3 is 5.97 Å². The predicted molar refractivity (Wildman–Crippen MR) is 93.1 cm³/mol. The normalized spacial score (nSPS) is 11.6. The lowest BCUT2D eigenvalue weighted by Crippen LogP contribution is -2.31. The Balaban J connectivity index is 2.08. The quantitative estimate of drug-likeness (QED) is 0.598. The summed E-state index contributed by atoms with van der Waals surface area (Å²) in [5, 5.41) is 2.81. The number of nitrogen functional groups attached to an aromatic ring is 1. The number of amides is 1. The molecule has 1 atom stereocenters. The van der Waals surface area contributed by atoms with Crippen LogP contribution in [0.15, 0.2) is 48.5 Å². The van der Waals surface area contributed by atoms with Crippen LogP contribution in [-0.2, 0) is 20.7 Å². The zero-order chi connectivity index (χ0) is 18.2. The first-order valence-corrected chi connectivity index (χ1v) is 8.02. The van der Waals surface area contributed by atoms with Crippen LogP contribution in [0.5, 0.6) is 0 Å². The third-order valence-electron chi connectivity index (χ3n) is 3.63. The zero-order valence-electron chi connectivity index (χ0n) is 14.0. The van der Waals surface area contributed by atoms with Gasteiger partial charge in [0.25, 0.3) is 0 Å². The number of anilines is 1. The number of ether oxygens (including phenoxy) is 1. The van der Waals surface area contributed by atoms with Crippen LogP contribution in [0.4, 0.5) is 10.1 Å². The first-order chi connectivity index (χ1) is 12.0. The number of carbonyl (C=O) groups excluding carboxylic acids is 2. The van der Waals surface area contributed by atoms with Crippen LogP contribution in [0.2, 0.25) is 0 Å². The number of halogens is 1. The van der Waals surface area contributed by atoms with Crippen molar-refractivity contribution in [3.05, 3.63) is 65.5 Å². The highest BCUT2D eigenvalue weighted by atomic mass is 19.1. The number of nitrogens with two attached hydrogens (primary N) is 1. The number of hydrogen-bond acceptors (Lipinski definition) is 4. The topological polar surface area (TPSA) is 81.4 Å². The first-order valence-electron chi connectivity index (χ1n) is 8.02. The molecule has 25 heavy (non-hydrogen) atoms. The molecule has 0 saturated heterocycles. The smallest absolute Gasteiger partial charge is 0.308 e. The van der Waals surface area contributed by atoms with Gasteiger partial charge in [-0.2, -0.15) is 0 Å². The largest absolute Gasteiger partial charge is 0.466 e. The molecule has 0 aliphatic rings. The molecular weight excluding hydrogens is 323 g/mol. The Morgan fingerprint density at radius 3 is 2.36 bits per heavy atom. The van der Waals surface area contributed by atoms with Crippen molar-refractivity contribution in [3.63, 3.8) is 0 Å². The molecule has 5 nitrogen and oxygen atoms in total. The van der Waals surface area contributed by atoms with Crippen molar-refractivity contribution in [2.24, 2.45) is 0 Å². The lowest BCUT2D eigenvalue weighted by Gasteiger charge is -2.18. The van der Waals surface area contributed by atoms with Crippen molar-refractivity contribution < 1.29 is 18.7 Å². The van der Waals surface area contributed by atoms with Gasteiger partial charge < -0.3 is 15.8 Å². The molecule has 1 amide bonds. The van der Waals surface area contributed by atoms with E-state index >= 15 is 0 Å². The van der Waals surface area contributed by atoms with Crippen molar-refractivity contribution in [2.45, 2.75) is 25.8 Å². The number of rotatable bonds is 7. The molecule has 3 N–H and O–H groups in total. The molecule has 0 aliphatic carbocycles. The van der Waals surface area contributed by atoms with E-state index in [1.54, 1.807) is 43.3 Å². The standard InChI is InChI=1S/C19H21FN2O3/c1-2-25-19(24)12-17(14-5-7-15(20)8-6-14)22-18(23)11-13-3-9-16(21)10-4-13/h3-10,17H,2,11-12,21H2,1H3,(H,22,23). The molecule has 6 heteroatoms. The zero-order valence-corrected chi connectivity index (χ0v) is 14.0. The lowest BCUT2D eigenvalue weighted by atomic mass is 10.0. The van der Waals surface area contributed by atoms with E-state index in [0.29, 0.717) is 11.3 Å². The summed E-state index contributed by atoms with van der Waals surface area (Å²) in [5.41, 5.74) is 7.69. The summed E-state index contributed by atoms with van der Waals surface area (Å²) in [4.78, 5) is 24.1. The maximum atomic E-state index is 13.1.